The summed E-state index contributed by atoms with van der Waals surface area (Å²) < 4.78 is 27.8. The zero-order valence-electron chi connectivity index (χ0n) is 14.0. The van der Waals surface area contributed by atoms with Gasteiger partial charge in [0.2, 0.25) is 10.0 Å². The van der Waals surface area contributed by atoms with Crippen LogP contribution in [0.4, 0.5) is 0 Å². The van der Waals surface area contributed by atoms with E-state index >= 15 is 0 Å². The zero-order valence-corrected chi connectivity index (χ0v) is 14.8. The maximum Gasteiger partial charge on any atom is 0.240 e. The Hall–Kier alpha value is -1.73. The normalized spacial score (nSPS) is 13.0. The molecule has 130 valence electrons. The molecule has 3 N–H and O–H groups in total. The van der Waals surface area contributed by atoms with E-state index in [2.05, 4.69) is 10.0 Å². The minimum atomic E-state index is -3.59. The van der Waals surface area contributed by atoms with Crippen molar-refractivity contribution < 1.29 is 13.5 Å². The van der Waals surface area contributed by atoms with Gasteiger partial charge in [0.25, 0.3) is 0 Å². The van der Waals surface area contributed by atoms with Crippen molar-refractivity contribution in [2.24, 2.45) is 0 Å². The smallest absolute Gasteiger partial charge is 0.240 e. The van der Waals surface area contributed by atoms with Crippen molar-refractivity contribution in [2.45, 2.75) is 24.8 Å². The highest BCUT2D eigenvalue weighted by molar-refractivity contribution is 7.89. The van der Waals surface area contributed by atoms with E-state index in [1.165, 1.54) is 0 Å². The van der Waals surface area contributed by atoms with Crippen LogP contribution in [-0.2, 0) is 10.0 Å². The molecule has 0 aromatic heterocycles. The molecule has 0 heterocycles. The Balaban J connectivity index is 2.15. The standard InChI is InChI=1S/C18H24N2O3S/c1-14-8-9-18(15(2)12-14)24(22,23)20-13-17(19-10-11-21)16-6-4-3-5-7-16/h3-9,12,17,19-21H,10-11,13H2,1-2H3. The van der Waals surface area contributed by atoms with E-state index in [0.717, 1.165) is 16.7 Å². The van der Waals surface area contributed by atoms with Gasteiger partial charge in [0.1, 0.15) is 0 Å². The first-order valence-corrected chi connectivity index (χ1v) is 9.38. The quantitative estimate of drug-likeness (QED) is 0.681. The van der Waals surface area contributed by atoms with Crippen molar-refractivity contribution in [1.82, 2.24) is 10.0 Å². The van der Waals surface area contributed by atoms with E-state index in [1.807, 2.05) is 43.3 Å². The van der Waals surface area contributed by atoms with Crippen LogP contribution in [0.1, 0.15) is 22.7 Å². The molecule has 2 aromatic carbocycles. The fourth-order valence-corrected chi connectivity index (χ4v) is 3.88. The fraction of sp³-hybridized carbons (Fsp3) is 0.333. The molecule has 2 aromatic rings. The summed E-state index contributed by atoms with van der Waals surface area (Å²) in [5.74, 6) is 0. The molecule has 0 radical (unpaired) electrons. The van der Waals surface area contributed by atoms with E-state index in [-0.39, 0.29) is 19.2 Å². The van der Waals surface area contributed by atoms with Crippen molar-refractivity contribution in [2.75, 3.05) is 19.7 Å². The number of aliphatic hydroxyl groups excluding tert-OH is 1. The molecule has 1 unspecified atom stereocenters. The average Bonchev–Trinajstić information content (AvgIpc) is 2.55. The molecule has 0 amide bonds. The number of hydrogen-bond acceptors (Lipinski definition) is 4. The summed E-state index contributed by atoms with van der Waals surface area (Å²) in [4.78, 5) is 0.294. The van der Waals surface area contributed by atoms with E-state index in [9.17, 15) is 8.42 Å². The first-order chi connectivity index (χ1) is 11.4. The van der Waals surface area contributed by atoms with E-state index < -0.39 is 10.0 Å². The van der Waals surface area contributed by atoms with E-state index in [4.69, 9.17) is 5.11 Å². The van der Waals surface area contributed by atoms with Gasteiger partial charge in [0.15, 0.2) is 0 Å². The van der Waals surface area contributed by atoms with Gasteiger partial charge in [-0.3, -0.25) is 0 Å². The summed E-state index contributed by atoms with van der Waals surface area (Å²) in [6.45, 7) is 4.32. The highest BCUT2D eigenvalue weighted by Crippen LogP contribution is 2.18. The van der Waals surface area contributed by atoms with Gasteiger partial charge in [0.05, 0.1) is 11.5 Å². The average molecular weight is 348 g/mol. The third kappa shape index (κ3) is 4.88. The summed E-state index contributed by atoms with van der Waals surface area (Å²) in [7, 11) is -3.59. The first kappa shape index (κ1) is 18.6. The van der Waals surface area contributed by atoms with Crippen LogP contribution in [0.2, 0.25) is 0 Å². The van der Waals surface area contributed by atoms with E-state index in [0.29, 0.717) is 11.4 Å². The maximum absolute atomic E-state index is 12.6. The Morgan fingerprint density at radius 1 is 1.08 bits per heavy atom. The van der Waals surface area contributed by atoms with Crippen molar-refractivity contribution in [3.05, 3.63) is 65.2 Å². The van der Waals surface area contributed by atoms with Crippen LogP contribution >= 0.6 is 0 Å². The third-order valence-corrected chi connectivity index (χ3v) is 5.39. The largest absolute Gasteiger partial charge is 0.395 e. The molecule has 0 bridgehead atoms. The van der Waals surface area contributed by atoms with Gasteiger partial charge in [0, 0.05) is 19.1 Å². The summed E-state index contributed by atoms with van der Waals surface area (Å²) >= 11 is 0. The lowest BCUT2D eigenvalue weighted by Gasteiger charge is -2.20. The van der Waals surface area contributed by atoms with Crippen molar-refractivity contribution >= 4 is 10.0 Å². The van der Waals surface area contributed by atoms with Gasteiger partial charge in [-0.05, 0) is 31.0 Å². The predicted molar refractivity (Wildman–Crippen MR) is 95.4 cm³/mol. The van der Waals surface area contributed by atoms with Crippen molar-refractivity contribution in [1.29, 1.82) is 0 Å². The molecular weight excluding hydrogens is 324 g/mol. The number of sulfonamides is 1. The number of nitrogens with one attached hydrogen (secondary N) is 2. The number of hydrogen-bond donors (Lipinski definition) is 3. The van der Waals surface area contributed by atoms with Crippen LogP contribution < -0.4 is 10.0 Å². The lowest BCUT2D eigenvalue weighted by atomic mass is 10.1. The molecule has 0 spiro atoms. The lowest BCUT2D eigenvalue weighted by molar-refractivity contribution is 0.284. The zero-order chi connectivity index (χ0) is 17.6. The Morgan fingerprint density at radius 3 is 2.42 bits per heavy atom. The summed E-state index contributed by atoms with van der Waals surface area (Å²) in [6.07, 6.45) is 0. The van der Waals surface area contributed by atoms with Gasteiger partial charge >= 0.3 is 0 Å². The number of aliphatic hydroxyl groups is 1. The Bertz CT molecular complexity index is 761. The molecule has 24 heavy (non-hydrogen) atoms. The molecule has 5 nitrogen and oxygen atoms in total. The molecule has 0 saturated heterocycles. The Labute approximate surface area is 143 Å². The molecule has 0 aliphatic heterocycles. The van der Waals surface area contributed by atoms with Crippen LogP contribution in [0.25, 0.3) is 0 Å². The van der Waals surface area contributed by atoms with E-state index in [1.54, 1.807) is 19.1 Å². The van der Waals surface area contributed by atoms with Crippen molar-refractivity contribution in [3.63, 3.8) is 0 Å². The second-order valence-corrected chi connectivity index (χ2v) is 7.50. The minimum Gasteiger partial charge on any atom is -0.395 e. The van der Waals surface area contributed by atoms with Gasteiger partial charge < -0.3 is 10.4 Å². The van der Waals surface area contributed by atoms with Gasteiger partial charge in [-0.2, -0.15) is 0 Å². The molecular formula is C18H24N2O3S. The van der Waals surface area contributed by atoms with Crippen LogP contribution in [-0.4, -0.2) is 33.2 Å². The summed E-state index contributed by atoms with van der Waals surface area (Å²) in [5, 5.41) is 12.2. The lowest BCUT2D eigenvalue weighted by Crippen LogP contribution is -2.36. The van der Waals surface area contributed by atoms with Crippen molar-refractivity contribution in [3.8, 4) is 0 Å². The van der Waals surface area contributed by atoms with Crippen LogP contribution in [0.5, 0.6) is 0 Å². The van der Waals surface area contributed by atoms with Crippen LogP contribution in [0.3, 0.4) is 0 Å². The number of benzene rings is 2. The Kier molecular flexibility index (Phi) is 6.51. The molecule has 1 atom stereocenters. The molecule has 2 rings (SSSR count). The second kappa shape index (κ2) is 8.39. The minimum absolute atomic E-state index is 0.00679. The van der Waals surface area contributed by atoms with Gasteiger partial charge in [-0.25, -0.2) is 13.1 Å². The predicted octanol–water partition coefficient (Wildman–Crippen LogP) is 1.90. The highest BCUT2D eigenvalue weighted by Gasteiger charge is 2.19. The SMILES string of the molecule is Cc1ccc(S(=O)(=O)NCC(NCCO)c2ccccc2)c(C)c1. The topological polar surface area (TPSA) is 78.4 Å². The second-order valence-electron chi connectivity index (χ2n) is 5.76. The summed E-state index contributed by atoms with van der Waals surface area (Å²) in [6, 6.07) is 14.6. The maximum atomic E-state index is 12.6. The molecule has 0 fully saturated rings. The summed E-state index contributed by atoms with van der Waals surface area (Å²) in [5.41, 5.74) is 2.72. The van der Waals surface area contributed by atoms with Crippen LogP contribution in [0, 0.1) is 13.8 Å². The molecule has 0 saturated carbocycles. The monoisotopic (exact) mass is 348 g/mol. The fourth-order valence-electron chi connectivity index (χ4n) is 2.60. The number of rotatable bonds is 8. The molecule has 0 aliphatic carbocycles. The van der Waals surface area contributed by atoms with Gasteiger partial charge in [-0.1, -0.05) is 48.0 Å². The van der Waals surface area contributed by atoms with Gasteiger partial charge in [-0.15, -0.1) is 0 Å². The first-order valence-electron chi connectivity index (χ1n) is 7.90. The highest BCUT2D eigenvalue weighted by atomic mass is 32.2. The van der Waals surface area contributed by atoms with Crippen LogP contribution in [0.15, 0.2) is 53.4 Å². The molecule has 6 heteroatoms. The Morgan fingerprint density at radius 2 is 1.79 bits per heavy atom. The molecule has 0 aliphatic rings. The third-order valence-electron chi connectivity index (χ3n) is 3.80. The number of aryl methyl sites for hydroxylation is 2.